The van der Waals surface area contributed by atoms with Gasteiger partial charge in [-0.1, -0.05) is 6.07 Å². The Morgan fingerprint density at radius 2 is 2.17 bits per heavy atom. The van der Waals surface area contributed by atoms with Crippen LogP contribution in [0.15, 0.2) is 47.8 Å². The molecule has 7 nitrogen and oxygen atoms in total. The Morgan fingerprint density at radius 3 is 2.87 bits per heavy atom. The Kier molecular flexibility index (Phi) is 6.68. The first-order chi connectivity index (χ1) is 14.5. The van der Waals surface area contributed by atoms with Gasteiger partial charge >= 0.3 is 0 Å². The molecule has 1 aromatic carbocycles. The molecule has 7 N–H and O–H groups in total. The quantitative estimate of drug-likeness (QED) is 0.494. The maximum Gasteiger partial charge on any atom is 0.166 e. The fraction of sp³-hybridized carbons (Fsp3) is 0.273. The molecule has 1 aliphatic rings. The van der Waals surface area contributed by atoms with Crippen molar-refractivity contribution in [1.29, 1.82) is 5.41 Å². The number of nitrogens with one attached hydrogen (secondary N) is 3. The lowest BCUT2D eigenvalue weighted by Crippen LogP contribution is -2.21. The standard InChI is InChI=1S/C22H27FN6O/c1-3-28-21-13(9-24)6-14(10-27-2)20(25)18-5-4-17(23)7-16(18)12-30-19-8-15(21)11-29-22(19)26/h4-5,7-11,20,24,27-28H,3,6,12,25H2,1-2H3,(H2,26,29)/b14-10-,21-13-,24-9?. The highest BCUT2D eigenvalue weighted by molar-refractivity contribution is 5.89. The molecule has 0 aliphatic carbocycles. The SMILES string of the molecule is CCN/C1=C(\C=N)C/C(=C/NC)C(N)c2ccc(F)cc2COc2cc1cnc2N. The lowest BCUT2D eigenvalue weighted by molar-refractivity contribution is 0.304. The molecule has 1 aliphatic heterocycles. The average Bonchev–Trinajstić information content (AvgIpc) is 2.74. The van der Waals surface area contributed by atoms with Crippen LogP contribution in [0.3, 0.4) is 0 Å². The summed E-state index contributed by atoms with van der Waals surface area (Å²) < 4.78 is 19.9. The number of anilines is 1. The molecule has 2 bridgehead atoms. The Morgan fingerprint density at radius 1 is 1.37 bits per heavy atom. The third kappa shape index (κ3) is 4.44. The monoisotopic (exact) mass is 410 g/mol. The second-order valence-corrected chi connectivity index (χ2v) is 6.98. The second-order valence-electron chi connectivity index (χ2n) is 6.98. The van der Waals surface area contributed by atoms with Crippen LogP contribution in [0.25, 0.3) is 5.70 Å². The topological polar surface area (TPSA) is 122 Å². The van der Waals surface area contributed by atoms with Crippen LogP contribution < -0.4 is 26.8 Å². The van der Waals surface area contributed by atoms with E-state index in [0.717, 1.165) is 28.0 Å². The van der Waals surface area contributed by atoms with Crippen LogP contribution in [0.4, 0.5) is 10.2 Å². The number of nitrogen functional groups attached to an aromatic ring is 1. The van der Waals surface area contributed by atoms with Gasteiger partial charge in [-0.2, -0.15) is 0 Å². The number of nitrogens with zero attached hydrogens (tertiary/aromatic N) is 1. The molecule has 8 heteroatoms. The molecule has 0 radical (unpaired) electrons. The summed E-state index contributed by atoms with van der Waals surface area (Å²) in [6.45, 7) is 2.74. The maximum absolute atomic E-state index is 14.0. The summed E-state index contributed by atoms with van der Waals surface area (Å²) in [5, 5.41) is 14.4. The molecule has 30 heavy (non-hydrogen) atoms. The van der Waals surface area contributed by atoms with E-state index in [1.165, 1.54) is 18.3 Å². The van der Waals surface area contributed by atoms with Crippen molar-refractivity contribution in [2.75, 3.05) is 19.3 Å². The van der Waals surface area contributed by atoms with Gasteiger partial charge in [0, 0.05) is 43.7 Å². The van der Waals surface area contributed by atoms with Gasteiger partial charge in [-0.25, -0.2) is 9.37 Å². The van der Waals surface area contributed by atoms with Gasteiger partial charge in [-0.05, 0) is 53.6 Å². The Bertz CT molecular complexity index is 1000. The van der Waals surface area contributed by atoms with E-state index in [-0.39, 0.29) is 18.2 Å². The lowest BCUT2D eigenvalue weighted by atomic mass is 9.90. The van der Waals surface area contributed by atoms with Crippen LogP contribution in [0.1, 0.15) is 36.1 Å². The van der Waals surface area contributed by atoms with E-state index in [9.17, 15) is 4.39 Å². The van der Waals surface area contributed by atoms with E-state index in [1.54, 1.807) is 25.4 Å². The Hall–Kier alpha value is -3.39. The van der Waals surface area contributed by atoms with Gasteiger partial charge in [0.05, 0.1) is 6.04 Å². The molecule has 0 spiro atoms. The molecule has 0 fully saturated rings. The molecule has 2 heterocycles. The van der Waals surface area contributed by atoms with Gasteiger partial charge in [-0.3, -0.25) is 0 Å². The van der Waals surface area contributed by atoms with Crippen molar-refractivity contribution in [3.8, 4) is 5.75 Å². The first-order valence-electron chi connectivity index (χ1n) is 9.74. The first-order valence-corrected chi connectivity index (χ1v) is 9.74. The number of ether oxygens (including phenoxy) is 1. The number of rotatable bonds is 4. The van der Waals surface area contributed by atoms with Crippen LogP contribution >= 0.6 is 0 Å². The summed E-state index contributed by atoms with van der Waals surface area (Å²) in [7, 11) is 1.79. The van der Waals surface area contributed by atoms with Crippen molar-refractivity contribution in [1.82, 2.24) is 15.6 Å². The fourth-order valence-electron chi connectivity index (χ4n) is 3.51. The minimum atomic E-state index is -0.511. The highest BCUT2D eigenvalue weighted by Gasteiger charge is 2.21. The third-order valence-corrected chi connectivity index (χ3v) is 4.97. The summed E-state index contributed by atoms with van der Waals surface area (Å²) in [6.07, 6.45) is 5.20. The highest BCUT2D eigenvalue weighted by atomic mass is 19.1. The molecule has 158 valence electrons. The molecule has 1 atom stereocenters. The summed E-state index contributed by atoms with van der Waals surface area (Å²) >= 11 is 0. The number of halogens is 1. The normalized spacial score (nSPS) is 20.4. The number of hydrogen-bond acceptors (Lipinski definition) is 7. The Balaban J connectivity index is 2.25. The summed E-state index contributed by atoms with van der Waals surface area (Å²) in [4.78, 5) is 4.25. The minimum Gasteiger partial charge on any atom is -0.485 e. The van der Waals surface area contributed by atoms with Gasteiger partial charge in [0.1, 0.15) is 12.4 Å². The van der Waals surface area contributed by atoms with Crippen molar-refractivity contribution in [3.63, 3.8) is 0 Å². The molecule has 0 saturated carbocycles. The predicted octanol–water partition coefficient (Wildman–Crippen LogP) is 2.86. The van der Waals surface area contributed by atoms with E-state index >= 15 is 0 Å². The lowest BCUT2D eigenvalue weighted by Gasteiger charge is -2.23. The number of allylic oxidation sites excluding steroid dienone is 1. The van der Waals surface area contributed by atoms with E-state index in [1.807, 2.05) is 13.1 Å². The number of nitrogens with two attached hydrogens (primary N) is 2. The van der Waals surface area contributed by atoms with Crippen molar-refractivity contribution in [2.24, 2.45) is 5.73 Å². The van der Waals surface area contributed by atoms with Crippen LogP contribution in [0.5, 0.6) is 5.75 Å². The number of benzene rings is 1. The number of hydrogen-bond donors (Lipinski definition) is 5. The summed E-state index contributed by atoms with van der Waals surface area (Å²) in [5.41, 5.74) is 17.1. The predicted molar refractivity (Wildman–Crippen MR) is 117 cm³/mol. The number of pyridine rings is 1. The highest BCUT2D eigenvalue weighted by Crippen LogP contribution is 2.33. The van der Waals surface area contributed by atoms with E-state index in [0.29, 0.717) is 24.3 Å². The van der Waals surface area contributed by atoms with Gasteiger partial charge in [0.2, 0.25) is 0 Å². The second kappa shape index (κ2) is 9.41. The molecule has 1 unspecified atom stereocenters. The minimum absolute atomic E-state index is 0.0979. The zero-order chi connectivity index (χ0) is 21.7. The fourth-order valence-corrected chi connectivity index (χ4v) is 3.51. The zero-order valence-electron chi connectivity index (χ0n) is 17.1. The summed E-state index contributed by atoms with van der Waals surface area (Å²) in [5.74, 6) is 0.258. The third-order valence-electron chi connectivity index (χ3n) is 4.97. The van der Waals surface area contributed by atoms with Gasteiger partial charge in [-0.15, -0.1) is 0 Å². The van der Waals surface area contributed by atoms with Crippen molar-refractivity contribution in [2.45, 2.75) is 26.0 Å². The van der Waals surface area contributed by atoms with Crippen LogP contribution in [0, 0.1) is 11.2 Å². The van der Waals surface area contributed by atoms with Crippen molar-refractivity contribution >= 4 is 17.7 Å². The maximum atomic E-state index is 14.0. The van der Waals surface area contributed by atoms with E-state index in [2.05, 4.69) is 15.6 Å². The smallest absolute Gasteiger partial charge is 0.166 e. The zero-order valence-corrected chi connectivity index (χ0v) is 17.1. The van der Waals surface area contributed by atoms with Gasteiger partial charge in [0.15, 0.2) is 11.6 Å². The van der Waals surface area contributed by atoms with Crippen LogP contribution in [-0.2, 0) is 6.61 Å². The van der Waals surface area contributed by atoms with Gasteiger partial charge < -0.3 is 32.2 Å². The molecule has 2 aromatic rings. The molecule has 1 aromatic heterocycles. The first kappa shape index (κ1) is 21.3. The Labute approximate surface area is 175 Å². The summed E-state index contributed by atoms with van der Waals surface area (Å²) in [6, 6.07) is 5.75. The molecular weight excluding hydrogens is 383 g/mol. The van der Waals surface area contributed by atoms with Crippen LogP contribution in [0.2, 0.25) is 0 Å². The largest absolute Gasteiger partial charge is 0.485 e. The molecular formula is C22H27FN6O. The van der Waals surface area contributed by atoms with Crippen molar-refractivity contribution in [3.05, 3.63) is 70.3 Å². The average molecular weight is 410 g/mol. The van der Waals surface area contributed by atoms with E-state index in [4.69, 9.17) is 21.6 Å². The van der Waals surface area contributed by atoms with E-state index < -0.39 is 6.04 Å². The molecule has 0 saturated heterocycles. The van der Waals surface area contributed by atoms with Gasteiger partial charge in [0.25, 0.3) is 0 Å². The number of fused-ring (bicyclic) bond motifs is 3. The molecule has 0 amide bonds. The van der Waals surface area contributed by atoms with Crippen molar-refractivity contribution < 1.29 is 9.13 Å². The van der Waals surface area contributed by atoms with Crippen LogP contribution in [-0.4, -0.2) is 24.8 Å². The number of aromatic nitrogens is 1. The molecule has 3 rings (SSSR count).